The predicted molar refractivity (Wildman–Crippen MR) is 187 cm³/mol. The van der Waals surface area contributed by atoms with Crippen LogP contribution in [-0.2, 0) is 32.0 Å². The molecule has 0 saturated carbocycles. The summed E-state index contributed by atoms with van der Waals surface area (Å²) in [7, 11) is 3.89. The zero-order chi connectivity index (χ0) is 34.8. The molecule has 0 saturated heterocycles. The van der Waals surface area contributed by atoms with Crippen LogP contribution in [-0.4, -0.2) is 60.9 Å². The Morgan fingerprint density at radius 1 is 0.604 bits per heavy atom. The van der Waals surface area contributed by atoms with E-state index >= 15 is 0 Å². The maximum atomic E-state index is 9.95. The SMILES string of the molecule is CNc1ccc(Cl)cc1C1NCCc2ccccc21.CNc1ccc(Cl)cc1C1NCCc2ccccc21.O=C(O)C(=O)C(=O)C(=O)O. The molecule has 12 heteroatoms. The van der Waals surface area contributed by atoms with Gasteiger partial charge in [-0.2, -0.15) is 0 Å². The van der Waals surface area contributed by atoms with Crippen LogP contribution in [0.15, 0.2) is 84.9 Å². The number of Topliss-reactive ketones (excluding diaryl/α,β-unsaturated/α-hetero) is 2. The monoisotopic (exact) mass is 690 g/mol. The number of carboxylic acids is 2. The van der Waals surface area contributed by atoms with Gasteiger partial charge in [0.05, 0.1) is 12.1 Å². The van der Waals surface area contributed by atoms with Gasteiger partial charge in [-0.05, 0) is 82.6 Å². The highest BCUT2D eigenvalue weighted by molar-refractivity contribution is 6.75. The van der Waals surface area contributed by atoms with Gasteiger partial charge in [-0.3, -0.25) is 9.59 Å². The van der Waals surface area contributed by atoms with Crippen molar-refractivity contribution in [3.05, 3.63) is 128 Å². The Balaban J connectivity index is 0.000000172. The molecule has 250 valence electrons. The number of nitrogens with one attached hydrogen (secondary N) is 4. The molecule has 0 aliphatic carbocycles. The van der Waals surface area contributed by atoms with E-state index in [1.165, 1.54) is 33.4 Å². The number of rotatable bonds is 7. The van der Waals surface area contributed by atoms with E-state index in [-0.39, 0.29) is 12.1 Å². The number of benzene rings is 4. The molecule has 4 aromatic carbocycles. The molecule has 0 fully saturated rings. The average molecular weight is 692 g/mol. The zero-order valence-corrected chi connectivity index (χ0v) is 27.9. The van der Waals surface area contributed by atoms with Crippen molar-refractivity contribution in [2.24, 2.45) is 0 Å². The lowest BCUT2D eigenvalue weighted by molar-refractivity contribution is -0.159. The van der Waals surface area contributed by atoms with Crippen molar-refractivity contribution in [1.82, 2.24) is 10.6 Å². The highest BCUT2D eigenvalue weighted by Gasteiger charge is 2.28. The summed E-state index contributed by atoms with van der Waals surface area (Å²) in [4.78, 5) is 39.1. The van der Waals surface area contributed by atoms with Crippen LogP contribution in [0.25, 0.3) is 0 Å². The van der Waals surface area contributed by atoms with Crippen molar-refractivity contribution >= 4 is 58.1 Å². The highest BCUT2D eigenvalue weighted by atomic mass is 35.5. The van der Waals surface area contributed by atoms with Crippen LogP contribution in [0.2, 0.25) is 10.0 Å². The molecule has 2 atom stereocenters. The molecule has 6 N–H and O–H groups in total. The van der Waals surface area contributed by atoms with Gasteiger partial charge in [0.2, 0.25) is 0 Å². The molecule has 4 aromatic rings. The van der Waals surface area contributed by atoms with Gasteiger partial charge in [-0.1, -0.05) is 71.7 Å². The minimum Gasteiger partial charge on any atom is -0.475 e. The summed E-state index contributed by atoms with van der Waals surface area (Å²) in [5, 5.41) is 30.8. The second kappa shape index (κ2) is 16.9. The first-order valence-electron chi connectivity index (χ1n) is 15.2. The Kier molecular flexibility index (Phi) is 12.7. The largest absolute Gasteiger partial charge is 0.475 e. The number of halogens is 2. The summed E-state index contributed by atoms with van der Waals surface area (Å²) in [6, 6.07) is 29.7. The number of hydrogen-bond donors (Lipinski definition) is 6. The number of ketones is 2. The van der Waals surface area contributed by atoms with E-state index < -0.39 is 23.5 Å². The van der Waals surface area contributed by atoms with Crippen LogP contribution in [0.1, 0.15) is 45.5 Å². The van der Waals surface area contributed by atoms with Crippen LogP contribution >= 0.6 is 23.2 Å². The molecular weight excluding hydrogens is 655 g/mol. The average Bonchev–Trinajstić information content (AvgIpc) is 3.11. The Labute approximate surface area is 288 Å². The number of hydrogen-bond acceptors (Lipinski definition) is 8. The normalized spacial score (nSPS) is 15.9. The summed E-state index contributed by atoms with van der Waals surface area (Å²) >= 11 is 12.3. The fourth-order valence-corrected chi connectivity index (χ4v) is 6.12. The van der Waals surface area contributed by atoms with Gasteiger partial charge < -0.3 is 31.5 Å². The number of carbonyl (C=O) groups excluding carboxylic acids is 2. The van der Waals surface area contributed by atoms with Gasteiger partial charge in [0.15, 0.2) is 0 Å². The molecule has 2 aliphatic rings. The molecule has 2 heterocycles. The second-order valence-electron chi connectivity index (χ2n) is 10.9. The Bertz CT molecular complexity index is 1680. The number of fused-ring (bicyclic) bond motifs is 2. The van der Waals surface area contributed by atoms with Crippen LogP contribution in [0, 0.1) is 0 Å². The first-order chi connectivity index (χ1) is 23.0. The van der Waals surface area contributed by atoms with Gasteiger partial charge in [-0.25, -0.2) is 9.59 Å². The third kappa shape index (κ3) is 8.78. The highest BCUT2D eigenvalue weighted by Crippen LogP contribution is 2.35. The summed E-state index contributed by atoms with van der Waals surface area (Å²) in [6.45, 7) is 1.99. The molecular formula is C36H36Cl2N4O6. The van der Waals surface area contributed by atoms with Crippen molar-refractivity contribution in [2.45, 2.75) is 24.9 Å². The number of carbonyl (C=O) groups is 4. The molecule has 0 amide bonds. The van der Waals surface area contributed by atoms with Crippen molar-refractivity contribution in [3.8, 4) is 0 Å². The first kappa shape index (κ1) is 36.1. The zero-order valence-electron chi connectivity index (χ0n) is 26.3. The fourth-order valence-electron chi connectivity index (χ4n) is 5.76. The van der Waals surface area contributed by atoms with Gasteiger partial charge in [-0.15, -0.1) is 0 Å². The molecule has 6 rings (SSSR count). The third-order valence-electron chi connectivity index (χ3n) is 8.00. The number of carboxylic acid groups (broad SMARTS) is 2. The lowest BCUT2D eigenvalue weighted by Crippen LogP contribution is -2.31. The fraction of sp³-hybridized carbons (Fsp3) is 0.222. The van der Waals surface area contributed by atoms with Crippen molar-refractivity contribution < 1.29 is 29.4 Å². The molecule has 2 aliphatic heterocycles. The van der Waals surface area contributed by atoms with Gasteiger partial charge in [0.1, 0.15) is 0 Å². The lowest BCUT2D eigenvalue weighted by Gasteiger charge is -2.29. The number of aliphatic carboxylic acids is 2. The van der Waals surface area contributed by atoms with Crippen molar-refractivity contribution in [3.63, 3.8) is 0 Å². The maximum Gasteiger partial charge on any atom is 0.381 e. The molecule has 0 aromatic heterocycles. The molecule has 0 bridgehead atoms. The molecule has 10 nitrogen and oxygen atoms in total. The minimum absolute atomic E-state index is 0.214. The summed E-state index contributed by atoms with van der Waals surface area (Å²) in [6.07, 6.45) is 2.17. The first-order valence-corrected chi connectivity index (χ1v) is 15.9. The smallest absolute Gasteiger partial charge is 0.381 e. The Morgan fingerprint density at radius 2 is 0.979 bits per heavy atom. The quantitative estimate of drug-likeness (QED) is 0.108. The summed E-state index contributed by atoms with van der Waals surface area (Å²) in [5.41, 5.74) is 10.2. The van der Waals surface area contributed by atoms with E-state index in [0.717, 1.165) is 47.4 Å². The molecule has 0 spiro atoms. The summed E-state index contributed by atoms with van der Waals surface area (Å²) in [5.74, 6) is -8.00. The van der Waals surface area contributed by atoms with E-state index in [4.69, 9.17) is 33.4 Å². The lowest BCUT2D eigenvalue weighted by atomic mass is 9.89. The van der Waals surface area contributed by atoms with Crippen LogP contribution in [0.5, 0.6) is 0 Å². The van der Waals surface area contributed by atoms with Crippen molar-refractivity contribution in [1.29, 1.82) is 0 Å². The maximum absolute atomic E-state index is 9.95. The third-order valence-corrected chi connectivity index (χ3v) is 8.47. The van der Waals surface area contributed by atoms with E-state index in [1.54, 1.807) is 0 Å². The van der Waals surface area contributed by atoms with Crippen LogP contribution in [0.4, 0.5) is 11.4 Å². The van der Waals surface area contributed by atoms with Gasteiger partial charge >= 0.3 is 23.5 Å². The van der Waals surface area contributed by atoms with E-state index in [1.807, 2.05) is 50.5 Å². The van der Waals surface area contributed by atoms with Crippen LogP contribution in [0.3, 0.4) is 0 Å². The van der Waals surface area contributed by atoms with E-state index in [9.17, 15) is 19.2 Å². The molecule has 0 radical (unpaired) electrons. The second-order valence-corrected chi connectivity index (χ2v) is 11.8. The van der Waals surface area contributed by atoms with Gasteiger partial charge in [0.25, 0.3) is 0 Å². The van der Waals surface area contributed by atoms with Crippen molar-refractivity contribution in [2.75, 3.05) is 37.8 Å². The van der Waals surface area contributed by atoms with Gasteiger partial charge in [0, 0.05) is 48.6 Å². The number of anilines is 2. The topological polar surface area (TPSA) is 157 Å². The molecule has 48 heavy (non-hydrogen) atoms. The Hall–Kier alpha value is -4.74. The van der Waals surface area contributed by atoms with Crippen LogP contribution < -0.4 is 21.3 Å². The standard InChI is InChI=1S/2C16H17ClN2.C4H2O6/c2*1-18-15-7-6-12(17)10-14(15)16-13-5-3-2-4-11(13)8-9-19-16;5-1(3(7)8)2(6)4(9)10/h2*2-7,10,16,18-19H,8-9H2,1H3;(H,7,8)(H,9,10). The summed E-state index contributed by atoms with van der Waals surface area (Å²) < 4.78 is 0. The minimum atomic E-state index is -2.06. The van der Waals surface area contributed by atoms with E-state index in [0.29, 0.717) is 0 Å². The van der Waals surface area contributed by atoms with E-state index in [2.05, 4.69) is 69.8 Å². The molecule has 2 unspecified atom stereocenters. The predicted octanol–water partition coefficient (Wildman–Crippen LogP) is 5.53. The Morgan fingerprint density at radius 3 is 1.33 bits per heavy atom.